The highest BCUT2D eigenvalue weighted by atomic mass is 32.2. The van der Waals surface area contributed by atoms with Crippen LogP contribution in [0.5, 0.6) is 0 Å². The van der Waals surface area contributed by atoms with E-state index in [1.165, 1.54) is 12.3 Å². The van der Waals surface area contributed by atoms with Gasteiger partial charge in [0, 0.05) is 11.9 Å². The van der Waals surface area contributed by atoms with Crippen LogP contribution < -0.4 is 10.6 Å². The number of oxime groups is 1. The third kappa shape index (κ3) is 6.44. The molecule has 0 radical (unpaired) electrons. The summed E-state index contributed by atoms with van der Waals surface area (Å²) in [4.78, 5) is 45.7. The maximum Gasteiger partial charge on any atom is 0.362 e. The smallest absolute Gasteiger partial charge is 0.362 e. The van der Waals surface area contributed by atoms with Crippen LogP contribution >= 0.6 is 11.3 Å². The number of nitrogens with zero attached hydrogens (tertiary/aromatic N) is 3. The molecule has 0 aromatic carbocycles. The highest BCUT2D eigenvalue weighted by Gasteiger charge is 2.52. The van der Waals surface area contributed by atoms with Crippen LogP contribution in [-0.2, 0) is 34.3 Å². The fraction of sp³-hybridized carbons (Fsp3) is 0.632. The van der Waals surface area contributed by atoms with Gasteiger partial charge in [-0.15, -0.1) is 11.3 Å². The molecule has 2 aliphatic rings. The summed E-state index contributed by atoms with van der Waals surface area (Å²) in [6.45, 7) is 3.34. The fourth-order valence-corrected chi connectivity index (χ4v) is 5.06. The molecule has 39 heavy (non-hydrogen) atoms. The first-order valence-corrected chi connectivity index (χ1v) is 13.4. The van der Waals surface area contributed by atoms with E-state index in [0.29, 0.717) is 0 Å². The minimum absolute atomic E-state index is 0.111. The van der Waals surface area contributed by atoms with Crippen molar-refractivity contribution in [1.29, 1.82) is 0 Å². The second-order valence-electron chi connectivity index (χ2n) is 9.11. The Labute approximate surface area is 224 Å². The summed E-state index contributed by atoms with van der Waals surface area (Å²) in [5.41, 5.74) is -2.63. The molecule has 3 rings (SSSR count). The molecule has 2 aliphatic heterocycles. The van der Waals surface area contributed by atoms with Gasteiger partial charge in [0.05, 0.1) is 6.04 Å². The number of aliphatic hydroxyl groups is 4. The molecule has 218 valence electrons. The van der Waals surface area contributed by atoms with E-state index >= 15 is 0 Å². The lowest BCUT2D eigenvalue weighted by atomic mass is 9.99. The Hall–Kier alpha value is -2.98. The molecule has 0 spiro atoms. The van der Waals surface area contributed by atoms with E-state index in [9.17, 15) is 48.3 Å². The predicted octanol–water partition coefficient (Wildman–Crippen LogP) is -3.54. The van der Waals surface area contributed by atoms with Crippen molar-refractivity contribution in [2.45, 2.75) is 69.2 Å². The van der Waals surface area contributed by atoms with E-state index in [1.807, 2.05) is 0 Å². The number of hydrogen-bond acceptors (Lipinski definition) is 15. The second kappa shape index (κ2) is 11.3. The van der Waals surface area contributed by atoms with Gasteiger partial charge in [0.15, 0.2) is 17.1 Å². The number of carbonyl (C=O) groups excluding carboxylic acids is 2. The molecule has 2 saturated heterocycles. The van der Waals surface area contributed by atoms with Gasteiger partial charge < -0.3 is 45.7 Å². The van der Waals surface area contributed by atoms with Gasteiger partial charge in [-0.25, -0.2) is 14.1 Å². The van der Waals surface area contributed by atoms with Gasteiger partial charge in [0.1, 0.15) is 36.2 Å². The Bertz CT molecular complexity index is 1250. The second-order valence-corrected chi connectivity index (χ2v) is 11.3. The lowest BCUT2D eigenvalue weighted by molar-refractivity contribution is -0.278. The number of anilines is 1. The van der Waals surface area contributed by atoms with Crippen LogP contribution in [0.25, 0.3) is 0 Å². The van der Waals surface area contributed by atoms with Crippen LogP contribution in [-0.4, -0.2) is 126 Å². The molecule has 7 atom stereocenters. The molecule has 3 heterocycles. The summed E-state index contributed by atoms with van der Waals surface area (Å²) >= 11 is 0.916. The lowest BCUT2D eigenvalue weighted by Crippen LogP contribution is -2.71. The number of rotatable bonds is 10. The Morgan fingerprint density at radius 2 is 1.87 bits per heavy atom. The number of thiazole rings is 1. The number of carboxylic acid groups (broad SMARTS) is 1. The number of carbonyl (C=O) groups is 3. The first kappa shape index (κ1) is 30.6. The highest BCUT2D eigenvalue weighted by molar-refractivity contribution is 7.84. The summed E-state index contributed by atoms with van der Waals surface area (Å²) in [6, 6.07) is -2.51. The quantitative estimate of drug-likeness (QED) is 0.0561. The normalized spacial score (nSPS) is 29.9. The Kier molecular flexibility index (Phi) is 8.82. The van der Waals surface area contributed by atoms with Gasteiger partial charge in [-0.1, -0.05) is 5.16 Å². The van der Waals surface area contributed by atoms with Crippen molar-refractivity contribution in [2.75, 3.05) is 11.9 Å². The summed E-state index contributed by atoms with van der Waals surface area (Å²) in [6.07, 6.45) is -7.89. The number of ether oxygens (including phenoxy) is 1. The minimum atomic E-state index is -4.85. The summed E-state index contributed by atoms with van der Waals surface area (Å²) < 4.78 is 37.0. The first-order valence-electron chi connectivity index (χ1n) is 11.1. The standard InChI is InChI=1S/C19H27N5O13S2/c1-6-9(15(29)24(6)39(33,34)35)22-14(28)10(23-37-19(2,3)17(31)32)7-5-38-18(21-7)20-4-8-11(25)12(26)13(27)16(30)36-8/h5-6,8-9,11-13,16,25-27,30H,4H2,1-3H3,(H,20,21)(H,22,28)(H,31,32)(H,33,34,35)/b23-10-/t6-,8?,9-,11?,12?,13?,16?/m0/s1. The molecule has 8 N–H and O–H groups in total. The van der Waals surface area contributed by atoms with Crippen molar-refractivity contribution in [3.05, 3.63) is 11.1 Å². The van der Waals surface area contributed by atoms with Crippen molar-refractivity contribution in [3.63, 3.8) is 0 Å². The van der Waals surface area contributed by atoms with E-state index in [0.717, 1.165) is 25.2 Å². The average Bonchev–Trinajstić information content (AvgIpc) is 3.30. The molecule has 20 heteroatoms. The average molecular weight is 598 g/mol. The van der Waals surface area contributed by atoms with Crippen LogP contribution in [0.1, 0.15) is 26.5 Å². The number of aliphatic hydroxyl groups excluding tert-OH is 4. The van der Waals surface area contributed by atoms with E-state index in [1.54, 1.807) is 0 Å². The van der Waals surface area contributed by atoms with Gasteiger partial charge in [-0.2, -0.15) is 8.42 Å². The number of amides is 2. The third-order valence-electron chi connectivity index (χ3n) is 5.85. The lowest BCUT2D eigenvalue weighted by Gasteiger charge is -2.42. The largest absolute Gasteiger partial charge is 0.478 e. The molecule has 0 aliphatic carbocycles. The van der Waals surface area contributed by atoms with Crippen LogP contribution in [0, 0.1) is 0 Å². The minimum Gasteiger partial charge on any atom is -0.478 e. The fourth-order valence-electron chi connectivity index (χ4n) is 3.47. The number of aliphatic carboxylic acids is 1. The van der Waals surface area contributed by atoms with Crippen molar-refractivity contribution in [1.82, 2.24) is 14.6 Å². The Morgan fingerprint density at radius 3 is 2.44 bits per heavy atom. The maximum absolute atomic E-state index is 13.0. The summed E-state index contributed by atoms with van der Waals surface area (Å²) in [5, 5.41) is 58.4. The summed E-state index contributed by atoms with van der Waals surface area (Å²) in [7, 11) is -4.85. The maximum atomic E-state index is 13.0. The van der Waals surface area contributed by atoms with Crippen molar-refractivity contribution >= 4 is 50.3 Å². The zero-order valence-corrected chi connectivity index (χ0v) is 22.2. The molecule has 2 amide bonds. The van der Waals surface area contributed by atoms with Gasteiger partial charge in [0.25, 0.3) is 11.8 Å². The Balaban J connectivity index is 1.78. The van der Waals surface area contributed by atoms with Crippen molar-refractivity contribution in [3.8, 4) is 0 Å². The van der Waals surface area contributed by atoms with Crippen molar-refractivity contribution < 1.29 is 62.5 Å². The van der Waals surface area contributed by atoms with Crippen molar-refractivity contribution in [2.24, 2.45) is 5.16 Å². The van der Waals surface area contributed by atoms with E-state index in [-0.39, 0.29) is 21.7 Å². The van der Waals surface area contributed by atoms with Crippen LogP contribution in [0.4, 0.5) is 5.13 Å². The molecule has 2 fully saturated rings. The topological polar surface area (TPSA) is 278 Å². The highest BCUT2D eigenvalue weighted by Crippen LogP contribution is 2.25. The SMILES string of the molecule is C[C@H]1[C@H](NC(=O)/C(=N\OC(C)(C)C(=O)O)c2csc(NCC3OC(O)C(O)C(O)C3O)n2)C(=O)N1S(=O)(=O)O. The van der Waals surface area contributed by atoms with Crippen LogP contribution in [0.15, 0.2) is 10.5 Å². The van der Waals surface area contributed by atoms with E-state index < -0.39 is 82.2 Å². The number of nitrogens with one attached hydrogen (secondary N) is 2. The molecular formula is C19H27N5O13S2. The molecular weight excluding hydrogens is 570 g/mol. The van der Waals surface area contributed by atoms with E-state index in [4.69, 9.17) is 14.1 Å². The molecule has 5 unspecified atom stereocenters. The molecule has 18 nitrogen and oxygen atoms in total. The Morgan fingerprint density at radius 1 is 1.23 bits per heavy atom. The zero-order valence-electron chi connectivity index (χ0n) is 20.5. The first-order chi connectivity index (χ1) is 18.0. The molecule has 1 aromatic heterocycles. The number of carboxylic acids is 1. The molecule has 1 aromatic rings. The molecule has 0 saturated carbocycles. The van der Waals surface area contributed by atoms with E-state index in [2.05, 4.69) is 20.8 Å². The van der Waals surface area contributed by atoms with Gasteiger partial charge in [-0.05, 0) is 20.8 Å². The van der Waals surface area contributed by atoms with Gasteiger partial charge in [0.2, 0.25) is 5.60 Å². The van der Waals surface area contributed by atoms with Gasteiger partial charge in [-0.3, -0.25) is 14.1 Å². The number of β-lactam (4-membered cyclic amide) rings is 1. The van der Waals surface area contributed by atoms with Gasteiger partial charge >= 0.3 is 16.3 Å². The zero-order chi connectivity index (χ0) is 29.4. The predicted molar refractivity (Wildman–Crippen MR) is 129 cm³/mol. The van der Waals surface area contributed by atoms with Crippen LogP contribution in [0.3, 0.4) is 0 Å². The van der Waals surface area contributed by atoms with Crippen LogP contribution in [0.2, 0.25) is 0 Å². The number of hydrogen-bond donors (Lipinski definition) is 8. The summed E-state index contributed by atoms with van der Waals surface area (Å²) in [5.74, 6) is -3.62. The number of aromatic nitrogens is 1. The third-order valence-corrected chi connectivity index (χ3v) is 7.66. The monoisotopic (exact) mass is 597 g/mol. The molecule has 0 bridgehead atoms.